The fraction of sp³-hybridized carbons (Fsp3) is 0.500. The van der Waals surface area contributed by atoms with Crippen LogP contribution in [0.2, 0.25) is 0 Å². The van der Waals surface area contributed by atoms with Crippen LogP contribution in [0.25, 0.3) is 0 Å². The number of aliphatic carboxylic acids is 6. The van der Waals surface area contributed by atoms with Crippen LogP contribution in [0.1, 0.15) is 0 Å². The Morgan fingerprint density at radius 2 is 0.483 bits per heavy atom. The third kappa shape index (κ3) is 31.9. The zero-order valence-electron chi connectivity index (χ0n) is 15.2. The summed E-state index contributed by atoms with van der Waals surface area (Å²) in [5.74, 6) is -9.40. The first-order valence-electron chi connectivity index (χ1n) is 6.47. The van der Waals surface area contributed by atoms with Crippen LogP contribution in [0.4, 0.5) is 0 Å². The van der Waals surface area contributed by atoms with Crippen molar-refractivity contribution in [3.8, 4) is 0 Å². The molecule has 0 aromatic rings. The molecule has 0 aromatic heterocycles. The molecule has 0 aromatic carbocycles. The number of rotatable bonds is 12. The Morgan fingerprint density at radius 3 is 0.552 bits per heavy atom. The Hall–Kier alpha value is -0.961. The van der Waals surface area contributed by atoms with Crippen LogP contribution in [0.15, 0.2) is 0 Å². The van der Waals surface area contributed by atoms with Crippen LogP contribution in [-0.2, 0) is 28.8 Å². The molecule has 0 saturated heterocycles. The molecule has 0 bridgehead atoms. The minimum absolute atomic E-state index is 0. The minimum Gasteiger partial charge on any atom is -0.549 e. The molecule has 14 nitrogen and oxygen atoms in total. The fourth-order valence-electron chi connectivity index (χ4n) is 1.43. The van der Waals surface area contributed by atoms with Crippen molar-refractivity contribution in [1.82, 2.24) is 9.80 Å². The predicted molar refractivity (Wildman–Crippen MR) is 80.2 cm³/mol. The van der Waals surface area contributed by atoms with E-state index in [2.05, 4.69) is 0 Å². The maximum Gasteiger partial charge on any atom is 2.00 e. The molecule has 0 aliphatic heterocycles. The molecule has 0 unspecified atom stereocenters. The van der Waals surface area contributed by atoms with Gasteiger partial charge in [-0.25, -0.2) is 0 Å². The van der Waals surface area contributed by atoms with Crippen LogP contribution in [0.5, 0.6) is 0 Å². The van der Waals surface area contributed by atoms with Crippen molar-refractivity contribution < 1.29 is 59.4 Å². The van der Waals surface area contributed by atoms with Gasteiger partial charge < -0.3 is 59.4 Å². The number of nitrogens with zero attached hydrogens (tertiary/aromatic N) is 2. The number of carbonyl (C=O) groups is 6. The van der Waals surface area contributed by atoms with Crippen molar-refractivity contribution in [1.29, 1.82) is 0 Å². The Labute approximate surface area is 212 Å². The molecule has 0 aliphatic rings. The molecule has 17 heteroatoms. The van der Waals surface area contributed by atoms with Crippen LogP contribution in [-0.4, -0.2) is 154 Å². The van der Waals surface area contributed by atoms with Crippen molar-refractivity contribution in [2.45, 2.75) is 0 Å². The summed E-state index contributed by atoms with van der Waals surface area (Å²) in [4.78, 5) is 61.2. The molecule has 148 valence electrons. The van der Waals surface area contributed by atoms with Crippen molar-refractivity contribution in [2.24, 2.45) is 0 Å². The third-order valence-corrected chi connectivity index (χ3v) is 2.12. The Kier molecular flexibility index (Phi) is 29.0. The molecule has 0 heterocycles. The van der Waals surface area contributed by atoms with Crippen LogP contribution in [0.3, 0.4) is 0 Å². The summed E-state index contributed by atoms with van der Waals surface area (Å²) < 4.78 is 0. The molecule has 0 rings (SSSR count). The molecule has 0 N–H and O–H groups in total. The standard InChI is InChI=1S/2C6H9NO6.3Mg/c2*8-4(9)1-7(2-5(10)11)3-6(12)13;;;/h2*1-3H2,(H,8,9)(H,10,11)(H,12,13);;;/q;;3*+2/p-6. The SMILES string of the molecule is O=C([O-])CN(CC(=O)[O-])CC(=O)[O-].O=C([O-])CN(CC(=O)[O-])CC(=O)[O-].[Mg+2].[Mg+2].[Mg+2]. The van der Waals surface area contributed by atoms with Gasteiger partial charge in [-0.2, -0.15) is 0 Å². The van der Waals surface area contributed by atoms with Gasteiger partial charge >= 0.3 is 69.2 Å². The normalized spacial score (nSPS) is 8.90. The van der Waals surface area contributed by atoms with Crippen LogP contribution < -0.4 is 30.6 Å². The van der Waals surface area contributed by atoms with Crippen LogP contribution in [0, 0.1) is 0 Å². The quantitative estimate of drug-likeness (QED) is 0.251. The molecule has 29 heavy (non-hydrogen) atoms. The molecule has 0 atom stereocenters. The molecule has 0 saturated carbocycles. The van der Waals surface area contributed by atoms with Gasteiger partial charge in [0.2, 0.25) is 0 Å². The summed E-state index contributed by atoms with van der Waals surface area (Å²) in [6.07, 6.45) is 0. The van der Waals surface area contributed by atoms with Gasteiger partial charge in [-0.05, 0) is 0 Å². The van der Waals surface area contributed by atoms with Crippen molar-refractivity contribution in [2.75, 3.05) is 39.3 Å². The number of carboxylic acid groups (broad SMARTS) is 6. The minimum atomic E-state index is -1.57. The first kappa shape index (κ1) is 38.6. The predicted octanol–water partition coefficient (Wildman–Crippen LogP) is -12.1. The molecular formula is C12H12Mg3N2O12. The van der Waals surface area contributed by atoms with E-state index in [1.54, 1.807) is 0 Å². The number of carbonyl (C=O) groups excluding carboxylic acids is 6. The van der Waals surface area contributed by atoms with E-state index in [0.717, 1.165) is 0 Å². The smallest absolute Gasteiger partial charge is 0.549 e. The number of hydrogen-bond donors (Lipinski definition) is 0. The average molecular weight is 449 g/mol. The van der Waals surface area contributed by atoms with Gasteiger partial charge in [0.05, 0.1) is 35.8 Å². The second-order valence-electron chi connectivity index (χ2n) is 4.52. The molecule has 0 fully saturated rings. The summed E-state index contributed by atoms with van der Waals surface area (Å²) >= 11 is 0. The fourth-order valence-corrected chi connectivity index (χ4v) is 1.43. The van der Waals surface area contributed by atoms with E-state index in [1.807, 2.05) is 0 Å². The first-order chi connectivity index (χ1) is 11.8. The summed E-state index contributed by atoms with van der Waals surface area (Å²) in [6.45, 7) is -4.74. The van der Waals surface area contributed by atoms with Crippen molar-refractivity contribution >= 4 is 105 Å². The maximum atomic E-state index is 9.99. The van der Waals surface area contributed by atoms with E-state index in [4.69, 9.17) is 0 Å². The summed E-state index contributed by atoms with van der Waals surface area (Å²) in [7, 11) is 0. The van der Waals surface area contributed by atoms with Gasteiger partial charge in [-0.15, -0.1) is 0 Å². The molecule has 0 amide bonds. The van der Waals surface area contributed by atoms with E-state index in [9.17, 15) is 59.4 Å². The van der Waals surface area contributed by atoms with Gasteiger partial charge in [-0.3, -0.25) is 9.80 Å². The van der Waals surface area contributed by atoms with Gasteiger partial charge in [-0.1, -0.05) is 0 Å². The zero-order chi connectivity index (χ0) is 20.9. The molecular weight excluding hydrogens is 437 g/mol. The van der Waals surface area contributed by atoms with E-state index in [-0.39, 0.29) is 69.2 Å². The second-order valence-corrected chi connectivity index (χ2v) is 4.52. The monoisotopic (exact) mass is 448 g/mol. The average Bonchev–Trinajstić information content (AvgIpc) is 2.33. The third-order valence-electron chi connectivity index (χ3n) is 2.12. The number of carboxylic acids is 6. The summed E-state index contributed by atoms with van der Waals surface area (Å²) in [5.41, 5.74) is 0. The van der Waals surface area contributed by atoms with E-state index < -0.39 is 75.1 Å². The Bertz CT molecular complexity index is 436. The van der Waals surface area contributed by atoms with Crippen molar-refractivity contribution in [3.63, 3.8) is 0 Å². The van der Waals surface area contributed by atoms with E-state index >= 15 is 0 Å². The van der Waals surface area contributed by atoms with Gasteiger partial charge in [0.25, 0.3) is 0 Å². The van der Waals surface area contributed by atoms with E-state index in [0.29, 0.717) is 9.80 Å². The topological polar surface area (TPSA) is 247 Å². The van der Waals surface area contributed by atoms with E-state index in [1.165, 1.54) is 0 Å². The summed E-state index contributed by atoms with van der Waals surface area (Å²) in [6, 6.07) is 0. The number of hydrogen-bond acceptors (Lipinski definition) is 14. The summed E-state index contributed by atoms with van der Waals surface area (Å²) in [5, 5.41) is 60.0. The Balaban J connectivity index is -0.000000120. The molecule has 0 aliphatic carbocycles. The Morgan fingerprint density at radius 1 is 0.379 bits per heavy atom. The van der Waals surface area contributed by atoms with Gasteiger partial charge in [0.15, 0.2) is 0 Å². The maximum absolute atomic E-state index is 9.99. The molecule has 0 radical (unpaired) electrons. The molecule has 0 spiro atoms. The largest absolute Gasteiger partial charge is 2.00 e. The second kappa shape index (κ2) is 21.7. The van der Waals surface area contributed by atoms with Crippen molar-refractivity contribution in [3.05, 3.63) is 0 Å². The van der Waals surface area contributed by atoms with Gasteiger partial charge in [0.1, 0.15) is 0 Å². The zero-order valence-corrected chi connectivity index (χ0v) is 19.4. The van der Waals surface area contributed by atoms with Gasteiger partial charge in [0, 0.05) is 39.3 Å². The van der Waals surface area contributed by atoms with Crippen LogP contribution >= 0.6 is 0 Å². The first-order valence-corrected chi connectivity index (χ1v) is 6.47.